The molecule has 1 fully saturated rings. The van der Waals surface area contributed by atoms with E-state index in [2.05, 4.69) is 4.90 Å². The van der Waals surface area contributed by atoms with Gasteiger partial charge in [0.1, 0.15) is 0 Å². The molecule has 0 radical (unpaired) electrons. The van der Waals surface area contributed by atoms with Crippen molar-refractivity contribution in [3.05, 3.63) is 40.7 Å². The van der Waals surface area contributed by atoms with Crippen LogP contribution in [0.1, 0.15) is 19.3 Å². The quantitative estimate of drug-likeness (QED) is 0.641. The lowest BCUT2D eigenvalue weighted by molar-refractivity contribution is 0.173. The Morgan fingerprint density at radius 3 is 2.23 bits per heavy atom. The van der Waals surface area contributed by atoms with E-state index in [1.165, 1.54) is 19.3 Å². The van der Waals surface area contributed by atoms with Crippen molar-refractivity contribution in [2.45, 2.75) is 25.8 Å². The first-order valence-electron chi connectivity index (χ1n) is 10.7. The molecule has 4 heterocycles. The number of likely N-dealkylation sites (tertiary alicyclic amines) is 1. The Labute approximate surface area is 178 Å². The Bertz CT molecular complexity index is 1220. The highest BCUT2D eigenvalue weighted by Gasteiger charge is 2.22. The van der Waals surface area contributed by atoms with Crippen molar-refractivity contribution in [3.8, 4) is 34.3 Å². The van der Waals surface area contributed by atoms with Crippen LogP contribution in [0.5, 0.6) is 23.0 Å². The number of hydrogen-bond donors (Lipinski definition) is 0. The summed E-state index contributed by atoms with van der Waals surface area (Å²) in [5.74, 6) is 2.61. The molecule has 0 unspecified atom stereocenters. The molecule has 1 aromatic heterocycles. The number of hydrogen-bond acceptors (Lipinski definition) is 7. The second-order valence-electron chi connectivity index (χ2n) is 8.10. The van der Waals surface area contributed by atoms with Crippen molar-refractivity contribution in [1.82, 2.24) is 14.7 Å². The minimum absolute atomic E-state index is 0.116. The summed E-state index contributed by atoms with van der Waals surface area (Å²) in [6, 6.07) is 9.35. The molecule has 6 rings (SSSR count). The van der Waals surface area contributed by atoms with Crippen molar-refractivity contribution in [3.63, 3.8) is 0 Å². The number of piperidine rings is 1. The third kappa shape index (κ3) is 3.27. The molecule has 0 saturated carbocycles. The van der Waals surface area contributed by atoms with Gasteiger partial charge in [-0.05, 0) is 56.3 Å². The van der Waals surface area contributed by atoms with Crippen molar-refractivity contribution >= 4 is 10.8 Å². The van der Waals surface area contributed by atoms with Gasteiger partial charge in [0.05, 0.1) is 17.6 Å². The summed E-state index contributed by atoms with van der Waals surface area (Å²) in [4.78, 5) is 15.7. The molecule has 0 aliphatic carbocycles. The van der Waals surface area contributed by atoms with Crippen molar-refractivity contribution in [2.24, 2.45) is 0 Å². The zero-order valence-corrected chi connectivity index (χ0v) is 17.1. The Morgan fingerprint density at radius 1 is 0.774 bits per heavy atom. The Kier molecular flexibility index (Phi) is 4.45. The Morgan fingerprint density at radius 2 is 1.45 bits per heavy atom. The second kappa shape index (κ2) is 7.46. The van der Waals surface area contributed by atoms with Gasteiger partial charge in [-0.2, -0.15) is 5.10 Å². The van der Waals surface area contributed by atoms with E-state index < -0.39 is 0 Å². The molecule has 2 aromatic carbocycles. The molecule has 0 amide bonds. The monoisotopic (exact) mass is 421 g/mol. The van der Waals surface area contributed by atoms with Gasteiger partial charge in [0.25, 0.3) is 5.56 Å². The third-order valence-corrected chi connectivity index (χ3v) is 6.18. The van der Waals surface area contributed by atoms with Crippen LogP contribution in [0.4, 0.5) is 0 Å². The molecule has 0 N–H and O–H groups in total. The predicted octanol–water partition coefficient (Wildman–Crippen LogP) is 3.01. The summed E-state index contributed by atoms with van der Waals surface area (Å²) in [6.45, 7) is 3.87. The third-order valence-electron chi connectivity index (χ3n) is 6.18. The number of aromatic nitrogens is 2. The van der Waals surface area contributed by atoms with Crippen LogP contribution in [0.2, 0.25) is 0 Å². The van der Waals surface area contributed by atoms with Gasteiger partial charge in [0, 0.05) is 17.5 Å². The van der Waals surface area contributed by atoms with Gasteiger partial charge in [-0.1, -0.05) is 6.42 Å². The van der Waals surface area contributed by atoms with Crippen LogP contribution >= 0.6 is 0 Å². The summed E-state index contributed by atoms with van der Waals surface area (Å²) in [5.41, 5.74) is 1.46. The number of fused-ring (bicyclic) bond motifs is 3. The summed E-state index contributed by atoms with van der Waals surface area (Å²) >= 11 is 0. The van der Waals surface area contributed by atoms with E-state index in [1.807, 2.05) is 24.3 Å². The highest BCUT2D eigenvalue weighted by molar-refractivity contribution is 5.96. The molecule has 3 aromatic rings. The summed E-state index contributed by atoms with van der Waals surface area (Å²) < 4.78 is 23.7. The van der Waals surface area contributed by atoms with E-state index >= 15 is 0 Å². The van der Waals surface area contributed by atoms with E-state index in [9.17, 15) is 4.79 Å². The minimum Gasteiger partial charge on any atom is -0.454 e. The van der Waals surface area contributed by atoms with Gasteiger partial charge >= 0.3 is 0 Å². The lowest BCUT2D eigenvalue weighted by Crippen LogP contribution is -2.35. The molecule has 3 aliphatic rings. The molecule has 8 heteroatoms. The standard InChI is InChI=1S/C23H23N3O5/c27-23-17-12-21-20(30-14-31-21)11-16(17)22(15-4-5-18-19(10-15)29-13-28-18)24-26(23)9-8-25-6-2-1-3-7-25/h4-5,10-12H,1-3,6-9,13-14H2. The maximum atomic E-state index is 13.3. The molecule has 8 nitrogen and oxygen atoms in total. The fourth-order valence-electron chi connectivity index (χ4n) is 4.50. The number of ether oxygens (including phenoxy) is 4. The smallest absolute Gasteiger partial charge is 0.274 e. The molecule has 3 aliphatic heterocycles. The molecule has 1 saturated heterocycles. The first-order valence-corrected chi connectivity index (χ1v) is 10.7. The average Bonchev–Trinajstić information content (AvgIpc) is 3.46. The highest BCUT2D eigenvalue weighted by Crippen LogP contribution is 2.40. The molecule has 0 bridgehead atoms. The summed E-state index contributed by atoms with van der Waals surface area (Å²) in [6.07, 6.45) is 3.71. The highest BCUT2D eigenvalue weighted by atomic mass is 16.7. The predicted molar refractivity (Wildman–Crippen MR) is 114 cm³/mol. The van der Waals surface area contributed by atoms with Crippen LogP contribution in [0, 0.1) is 0 Å². The van der Waals surface area contributed by atoms with Crippen LogP contribution in [0.3, 0.4) is 0 Å². The van der Waals surface area contributed by atoms with Crippen LogP contribution in [-0.4, -0.2) is 47.9 Å². The van der Waals surface area contributed by atoms with Gasteiger partial charge < -0.3 is 23.8 Å². The van der Waals surface area contributed by atoms with Crippen LogP contribution in [0.25, 0.3) is 22.0 Å². The molecule has 31 heavy (non-hydrogen) atoms. The Balaban J connectivity index is 1.47. The lowest BCUT2D eigenvalue weighted by atomic mass is 10.0. The van der Waals surface area contributed by atoms with Crippen molar-refractivity contribution in [1.29, 1.82) is 0 Å². The largest absolute Gasteiger partial charge is 0.454 e. The molecule has 160 valence electrons. The number of benzene rings is 2. The van der Waals surface area contributed by atoms with Crippen LogP contribution < -0.4 is 24.5 Å². The van der Waals surface area contributed by atoms with Crippen LogP contribution in [-0.2, 0) is 6.54 Å². The zero-order valence-electron chi connectivity index (χ0n) is 17.1. The summed E-state index contributed by atoms with van der Waals surface area (Å²) in [5, 5.41) is 6.10. The fourth-order valence-corrected chi connectivity index (χ4v) is 4.50. The van der Waals surface area contributed by atoms with E-state index in [0.29, 0.717) is 40.6 Å². The fraction of sp³-hybridized carbons (Fsp3) is 0.391. The number of rotatable bonds is 4. The topological polar surface area (TPSA) is 75.1 Å². The first kappa shape index (κ1) is 18.5. The maximum Gasteiger partial charge on any atom is 0.274 e. The van der Waals surface area contributed by atoms with Crippen molar-refractivity contribution < 1.29 is 18.9 Å². The first-order chi connectivity index (χ1) is 15.3. The van der Waals surface area contributed by atoms with Gasteiger partial charge in [-0.15, -0.1) is 0 Å². The minimum atomic E-state index is -0.116. The SMILES string of the molecule is O=c1c2cc3c(cc2c(-c2ccc4c(c2)OCO4)nn1CCN1CCCCC1)OCO3. The molecule has 0 atom stereocenters. The molecular weight excluding hydrogens is 398 g/mol. The zero-order chi connectivity index (χ0) is 20.8. The van der Waals surface area contributed by atoms with E-state index in [0.717, 1.165) is 30.6 Å². The second-order valence-corrected chi connectivity index (χ2v) is 8.10. The van der Waals surface area contributed by atoms with Crippen LogP contribution in [0.15, 0.2) is 35.1 Å². The Hall–Kier alpha value is -3.26. The van der Waals surface area contributed by atoms with Gasteiger partial charge in [-0.25, -0.2) is 4.68 Å². The van der Waals surface area contributed by atoms with E-state index in [-0.39, 0.29) is 19.1 Å². The normalized spacial score (nSPS) is 17.4. The number of nitrogens with zero attached hydrogens (tertiary/aromatic N) is 3. The van der Waals surface area contributed by atoms with Gasteiger partial charge in [0.15, 0.2) is 23.0 Å². The summed E-state index contributed by atoms with van der Waals surface area (Å²) in [7, 11) is 0. The van der Waals surface area contributed by atoms with E-state index in [4.69, 9.17) is 24.0 Å². The lowest BCUT2D eigenvalue weighted by Gasteiger charge is -2.26. The van der Waals surface area contributed by atoms with Gasteiger partial charge in [-0.3, -0.25) is 4.79 Å². The maximum absolute atomic E-state index is 13.3. The molecule has 0 spiro atoms. The van der Waals surface area contributed by atoms with Gasteiger partial charge in [0.2, 0.25) is 13.6 Å². The molecular formula is C23H23N3O5. The van der Waals surface area contributed by atoms with Crippen molar-refractivity contribution in [2.75, 3.05) is 33.2 Å². The van der Waals surface area contributed by atoms with E-state index in [1.54, 1.807) is 10.7 Å². The average molecular weight is 421 g/mol.